The maximum Gasteiger partial charge on any atom is 0.328 e. The fourth-order valence-electron chi connectivity index (χ4n) is 2.96. The number of methoxy groups -OCH3 is 1. The van der Waals surface area contributed by atoms with E-state index in [2.05, 4.69) is 0 Å². The second-order valence-electron chi connectivity index (χ2n) is 5.67. The Kier molecular flexibility index (Phi) is 3.71. The van der Waals surface area contributed by atoms with Gasteiger partial charge in [-0.25, -0.2) is 4.79 Å². The van der Waals surface area contributed by atoms with Gasteiger partial charge in [0.1, 0.15) is 23.6 Å². The summed E-state index contributed by atoms with van der Waals surface area (Å²) in [6.45, 7) is 3.91. The molecule has 6 nitrogen and oxygen atoms in total. The average Bonchev–Trinajstić information content (AvgIpc) is 2.87. The molecular formula is C15H20N2O4. The highest BCUT2D eigenvalue weighted by Crippen LogP contribution is 2.28. The third-order valence-electron chi connectivity index (χ3n) is 4.16. The van der Waals surface area contributed by atoms with Crippen molar-refractivity contribution in [3.8, 4) is 0 Å². The highest BCUT2D eigenvalue weighted by Gasteiger charge is 2.46. The molecule has 0 bridgehead atoms. The Morgan fingerprint density at radius 3 is 2.86 bits per heavy atom. The molecule has 0 saturated carbocycles. The Labute approximate surface area is 123 Å². The smallest absolute Gasteiger partial charge is 0.328 e. The third-order valence-corrected chi connectivity index (χ3v) is 4.16. The van der Waals surface area contributed by atoms with E-state index in [9.17, 15) is 9.59 Å². The van der Waals surface area contributed by atoms with E-state index in [0.717, 1.165) is 24.5 Å². The standard InChI is InChI=1S/C15H20N2O4/c1-10-5-6-11(21-10)8-16-9-13(16)14(18)17-7-3-4-12(17)15(19)20-2/h5-6,12-13H,3-4,7-9H2,1-2H3/t12-,13?,16?/m1/s1. The molecule has 2 unspecified atom stereocenters. The molecule has 0 spiro atoms. The molecule has 6 heteroatoms. The largest absolute Gasteiger partial charge is 0.467 e. The summed E-state index contributed by atoms with van der Waals surface area (Å²) in [6.07, 6.45) is 1.55. The zero-order chi connectivity index (χ0) is 15.0. The minimum atomic E-state index is -0.407. The summed E-state index contributed by atoms with van der Waals surface area (Å²) in [4.78, 5) is 27.9. The lowest BCUT2D eigenvalue weighted by Crippen LogP contribution is -2.43. The van der Waals surface area contributed by atoms with Gasteiger partial charge in [0.05, 0.1) is 13.7 Å². The molecule has 3 atom stereocenters. The number of rotatable bonds is 4. The topological polar surface area (TPSA) is 62.8 Å². The zero-order valence-corrected chi connectivity index (χ0v) is 12.4. The summed E-state index contributed by atoms with van der Waals surface area (Å²) in [5, 5.41) is 0. The number of likely N-dealkylation sites (tertiary alicyclic amines) is 1. The number of ether oxygens (including phenoxy) is 1. The fraction of sp³-hybridized carbons (Fsp3) is 0.600. The van der Waals surface area contributed by atoms with Gasteiger partial charge < -0.3 is 14.1 Å². The molecule has 1 aromatic rings. The van der Waals surface area contributed by atoms with Crippen LogP contribution in [0.1, 0.15) is 24.4 Å². The number of furan rings is 1. The van der Waals surface area contributed by atoms with Crippen LogP contribution in [-0.4, -0.2) is 54.0 Å². The highest BCUT2D eigenvalue weighted by atomic mass is 16.5. The van der Waals surface area contributed by atoms with Crippen LogP contribution in [0.3, 0.4) is 0 Å². The average molecular weight is 292 g/mol. The van der Waals surface area contributed by atoms with Crippen LogP contribution in [-0.2, 0) is 20.9 Å². The number of nitrogens with zero attached hydrogens (tertiary/aromatic N) is 2. The molecule has 1 aromatic heterocycles. The molecule has 3 heterocycles. The molecule has 0 N–H and O–H groups in total. The van der Waals surface area contributed by atoms with Gasteiger partial charge >= 0.3 is 5.97 Å². The molecule has 2 saturated heterocycles. The van der Waals surface area contributed by atoms with Gasteiger partial charge in [-0.15, -0.1) is 0 Å². The van der Waals surface area contributed by atoms with Gasteiger partial charge in [-0.2, -0.15) is 0 Å². The second kappa shape index (κ2) is 5.52. The molecule has 2 aliphatic heterocycles. The Morgan fingerprint density at radius 1 is 1.38 bits per heavy atom. The minimum absolute atomic E-state index is 0.0335. The van der Waals surface area contributed by atoms with E-state index in [4.69, 9.17) is 9.15 Å². The fourth-order valence-corrected chi connectivity index (χ4v) is 2.96. The van der Waals surface area contributed by atoms with Crippen molar-refractivity contribution in [1.82, 2.24) is 9.80 Å². The number of carbonyl (C=O) groups excluding carboxylic acids is 2. The summed E-state index contributed by atoms with van der Waals surface area (Å²) in [6, 6.07) is 3.32. The molecule has 21 heavy (non-hydrogen) atoms. The first-order valence-corrected chi connectivity index (χ1v) is 7.28. The quantitative estimate of drug-likeness (QED) is 0.610. The van der Waals surface area contributed by atoms with Crippen LogP contribution < -0.4 is 0 Å². The summed E-state index contributed by atoms with van der Waals surface area (Å²) >= 11 is 0. The van der Waals surface area contributed by atoms with E-state index >= 15 is 0 Å². The number of hydrogen-bond acceptors (Lipinski definition) is 5. The lowest BCUT2D eigenvalue weighted by molar-refractivity contribution is -0.151. The maximum atomic E-state index is 12.5. The number of amides is 1. The molecule has 3 rings (SSSR count). The molecule has 2 fully saturated rings. The first-order valence-electron chi connectivity index (χ1n) is 7.28. The first kappa shape index (κ1) is 14.1. The van der Waals surface area contributed by atoms with Crippen LogP contribution in [0.25, 0.3) is 0 Å². The normalized spacial score (nSPS) is 27.7. The maximum absolute atomic E-state index is 12.5. The predicted molar refractivity (Wildman–Crippen MR) is 74.4 cm³/mol. The van der Waals surface area contributed by atoms with Crippen molar-refractivity contribution < 1.29 is 18.7 Å². The van der Waals surface area contributed by atoms with Crippen molar-refractivity contribution in [1.29, 1.82) is 0 Å². The van der Waals surface area contributed by atoms with E-state index in [-0.39, 0.29) is 17.9 Å². The van der Waals surface area contributed by atoms with Crippen molar-refractivity contribution in [2.24, 2.45) is 0 Å². The summed E-state index contributed by atoms with van der Waals surface area (Å²) in [5.41, 5.74) is 0. The van der Waals surface area contributed by atoms with Crippen molar-refractivity contribution in [2.75, 3.05) is 20.2 Å². The van der Waals surface area contributed by atoms with Crippen molar-refractivity contribution in [2.45, 2.75) is 38.4 Å². The van der Waals surface area contributed by atoms with E-state index in [1.807, 2.05) is 24.0 Å². The first-order chi connectivity index (χ1) is 10.1. The van der Waals surface area contributed by atoms with Crippen molar-refractivity contribution in [3.05, 3.63) is 23.7 Å². The van der Waals surface area contributed by atoms with Gasteiger partial charge in [0.15, 0.2) is 0 Å². The molecule has 0 aliphatic carbocycles. The van der Waals surface area contributed by atoms with E-state index in [1.54, 1.807) is 4.90 Å². The molecule has 2 aliphatic rings. The Morgan fingerprint density at radius 2 is 2.19 bits per heavy atom. The Balaban J connectivity index is 1.58. The van der Waals surface area contributed by atoms with Gasteiger partial charge in [-0.1, -0.05) is 0 Å². The van der Waals surface area contributed by atoms with Crippen LogP contribution in [0.4, 0.5) is 0 Å². The van der Waals surface area contributed by atoms with Crippen LogP contribution >= 0.6 is 0 Å². The van der Waals surface area contributed by atoms with Crippen LogP contribution in [0.2, 0.25) is 0 Å². The van der Waals surface area contributed by atoms with Crippen LogP contribution in [0.5, 0.6) is 0 Å². The van der Waals surface area contributed by atoms with Gasteiger partial charge in [0.25, 0.3) is 0 Å². The lowest BCUT2D eigenvalue weighted by atomic mass is 10.2. The van der Waals surface area contributed by atoms with Crippen LogP contribution in [0, 0.1) is 6.92 Å². The summed E-state index contributed by atoms with van der Waals surface area (Å²) in [5.74, 6) is 1.47. The minimum Gasteiger partial charge on any atom is -0.467 e. The number of esters is 1. The van der Waals surface area contributed by atoms with Gasteiger partial charge in [-0.3, -0.25) is 9.69 Å². The molecule has 114 valence electrons. The number of aryl methyl sites for hydroxylation is 1. The molecule has 0 radical (unpaired) electrons. The monoisotopic (exact) mass is 292 g/mol. The van der Waals surface area contributed by atoms with Gasteiger partial charge in [0, 0.05) is 13.1 Å². The zero-order valence-electron chi connectivity index (χ0n) is 12.4. The van der Waals surface area contributed by atoms with Crippen molar-refractivity contribution in [3.63, 3.8) is 0 Å². The second-order valence-corrected chi connectivity index (χ2v) is 5.67. The van der Waals surface area contributed by atoms with Gasteiger partial charge in [0.2, 0.25) is 5.91 Å². The summed E-state index contributed by atoms with van der Waals surface area (Å²) < 4.78 is 10.3. The van der Waals surface area contributed by atoms with E-state index < -0.39 is 6.04 Å². The highest BCUT2D eigenvalue weighted by molar-refractivity contribution is 5.90. The lowest BCUT2D eigenvalue weighted by Gasteiger charge is -2.22. The molecule has 0 aromatic carbocycles. The molecule has 1 amide bonds. The van der Waals surface area contributed by atoms with Gasteiger partial charge in [-0.05, 0) is 31.9 Å². The Bertz CT molecular complexity index is 554. The van der Waals surface area contributed by atoms with E-state index in [0.29, 0.717) is 19.5 Å². The van der Waals surface area contributed by atoms with Crippen molar-refractivity contribution >= 4 is 11.9 Å². The SMILES string of the molecule is COC(=O)[C@H]1CCCN1C(=O)C1CN1Cc1ccc(C)o1. The van der Waals surface area contributed by atoms with Crippen LogP contribution in [0.15, 0.2) is 16.5 Å². The predicted octanol–water partition coefficient (Wildman–Crippen LogP) is 0.936. The number of hydrogen-bond donors (Lipinski definition) is 0. The Hall–Kier alpha value is -1.82. The summed E-state index contributed by atoms with van der Waals surface area (Å²) in [7, 11) is 1.37. The van der Waals surface area contributed by atoms with E-state index in [1.165, 1.54) is 7.11 Å². The number of carbonyl (C=O) groups is 2. The molecular weight excluding hydrogens is 272 g/mol. The third kappa shape index (κ3) is 2.81.